The summed E-state index contributed by atoms with van der Waals surface area (Å²) < 4.78 is 2.72. The number of hydrogen-bond donors (Lipinski definition) is 1. The van der Waals surface area contributed by atoms with E-state index in [4.69, 9.17) is 5.10 Å². The first kappa shape index (κ1) is 23.1. The van der Waals surface area contributed by atoms with Gasteiger partial charge < -0.3 is 10.2 Å². The summed E-state index contributed by atoms with van der Waals surface area (Å²) in [5.74, 6) is -0.0881. The maximum atomic E-state index is 13.0. The van der Waals surface area contributed by atoms with Crippen molar-refractivity contribution in [1.29, 1.82) is 0 Å². The molecule has 4 aromatic rings. The van der Waals surface area contributed by atoms with E-state index >= 15 is 0 Å². The Balaban J connectivity index is 1.49. The maximum absolute atomic E-state index is 13.0. The molecule has 1 saturated heterocycles. The number of thiazole rings is 1. The quantitative estimate of drug-likeness (QED) is 0.373. The zero-order valence-corrected chi connectivity index (χ0v) is 22.0. The lowest BCUT2D eigenvalue weighted by Crippen LogP contribution is -2.27. The third-order valence-electron chi connectivity index (χ3n) is 6.54. The molecular formula is C26H23BrN6O2S. The minimum Gasteiger partial charge on any atom is -0.339 e. The van der Waals surface area contributed by atoms with Crippen LogP contribution in [0.25, 0.3) is 27.5 Å². The summed E-state index contributed by atoms with van der Waals surface area (Å²) in [5, 5.41) is 8.47. The average Bonchev–Trinajstić information content (AvgIpc) is 3.62. The lowest BCUT2D eigenvalue weighted by atomic mass is 9.95. The van der Waals surface area contributed by atoms with E-state index in [2.05, 4.69) is 31.2 Å². The van der Waals surface area contributed by atoms with Gasteiger partial charge >= 0.3 is 0 Å². The summed E-state index contributed by atoms with van der Waals surface area (Å²) in [6.45, 7) is 3.10. The summed E-state index contributed by atoms with van der Waals surface area (Å²) in [6, 6.07) is 9.62. The number of pyridine rings is 1. The molecule has 1 fully saturated rings. The van der Waals surface area contributed by atoms with Crippen molar-refractivity contribution < 1.29 is 9.59 Å². The fourth-order valence-corrected chi connectivity index (χ4v) is 6.56. The van der Waals surface area contributed by atoms with E-state index in [1.807, 2.05) is 46.1 Å². The number of aryl methyl sites for hydroxylation is 1. The van der Waals surface area contributed by atoms with Crippen LogP contribution in [0.15, 0.2) is 47.2 Å². The van der Waals surface area contributed by atoms with Crippen molar-refractivity contribution in [3.8, 4) is 27.5 Å². The Labute approximate surface area is 220 Å². The van der Waals surface area contributed by atoms with Gasteiger partial charge in [0.1, 0.15) is 0 Å². The summed E-state index contributed by atoms with van der Waals surface area (Å²) in [4.78, 5) is 36.5. The van der Waals surface area contributed by atoms with Crippen molar-refractivity contribution in [2.75, 3.05) is 18.4 Å². The average molecular weight is 563 g/mol. The highest BCUT2D eigenvalue weighted by atomic mass is 79.9. The molecule has 6 rings (SSSR count). The normalized spacial score (nSPS) is 14.4. The highest BCUT2D eigenvalue weighted by Crippen LogP contribution is 2.44. The predicted octanol–water partition coefficient (Wildman–Crippen LogP) is 5.11. The zero-order valence-electron chi connectivity index (χ0n) is 19.6. The second-order valence-electron chi connectivity index (χ2n) is 8.97. The SMILES string of the molecule is CC(=O)Nc1nc2c(s1)-c1c(c(-c3cccnc3)nn1-c1ccc(C(=O)N3CCCC3)cc1Br)CC2. The fourth-order valence-electron chi connectivity index (χ4n) is 4.90. The van der Waals surface area contributed by atoms with Gasteiger partial charge in [-0.1, -0.05) is 11.3 Å². The summed E-state index contributed by atoms with van der Waals surface area (Å²) in [7, 11) is 0. The summed E-state index contributed by atoms with van der Waals surface area (Å²) >= 11 is 5.18. The molecule has 0 bridgehead atoms. The maximum Gasteiger partial charge on any atom is 0.253 e. The fraction of sp³-hybridized carbons (Fsp3) is 0.269. The summed E-state index contributed by atoms with van der Waals surface area (Å²) in [6.07, 6.45) is 7.23. The van der Waals surface area contributed by atoms with Crippen LogP contribution < -0.4 is 5.32 Å². The number of amides is 2. The monoisotopic (exact) mass is 562 g/mol. The predicted molar refractivity (Wildman–Crippen MR) is 142 cm³/mol. The van der Waals surface area contributed by atoms with Crippen molar-refractivity contribution in [1.82, 2.24) is 24.6 Å². The third-order valence-corrected chi connectivity index (χ3v) is 8.20. The van der Waals surface area contributed by atoms with Crippen LogP contribution in [0.2, 0.25) is 0 Å². The largest absolute Gasteiger partial charge is 0.339 e. The van der Waals surface area contributed by atoms with Gasteiger partial charge in [0.25, 0.3) is 5.91 Å². The smallest absolute Gasteiger partial charge is 0.253 e. The zero-order chi connectivity index (χ0) is 24.8. The van der Waals surface area contributed by atoms with Gasteiger partial charge in [-0.25, -0.2) is 9.67 Å². The van der Waals surface area contributed by atoms with E-state index in [1.54, 1.807) is 6.20 Å². The number of nitrogens with zero attached hydrogens (tertiary/aromatic N) is 5. The molecule has 36 heavy (non-hydrogen) atoms. The Hall–Kier alpha value is -3.37. The van der Waals surface area contributed by atoms with E-state index in [0.29, 0.717) is 10.7 Å². The van der Waals surface area contributed by atoms with Crippen molar-refractivity contribution in [2.45, 2.75) is 32.6 Å². The molecule has 1 aliphatic carbocycles. The number of fused-ring (bicyclic) bond motifs is 3. The molecule has 1 N–H and O–H groups in total. The molecular weight excluding hydrogens is 540 g/mol. The Morgan fingerprint density at radius 1 is 1.14 bits per heavy atom. The number of hydrogen-bond acceptors (Lipinski definition) is 6. The van der Waals surface area contributed by atoms with Crippen LogP contribution in [0.5, 0.6) is 0 Å². The van der Waals surface area contributed by atoms with Crippen molar-refractivity contribution >= 4 is 44.2 Å². The van der Waals surface area contributed by atoms with E-state index in [1.165, 1.54) is 18.3 Å². The Morgan fingerprint density at radius 2 is 1.97 bits per heavy atom. The van der Waals surface area contributed by atoms with Crippen LogP contribution in [0.3, 0.4) is 0 Å². The molecule has 182 valence electrons. The molecule has 2 amide bonds. The van der Waals surface area contributed by atoms with Gasteiger partial charge in [-0.2, -0.15) is 5.10 Å². The lowest BCUT2D eigenvalue weighted by Gasteiger charge is -2.17. The number of carbonyl (C=O) groups excluding carboxylic acids is 2. The van der Waals surface area contributed by atoms with E-state index in [-0.39, 0.29) is 11.8 Å². The molecule has 8 nitrogen and oxygen atoms in total. The minimum absolute atomic E-state index is 0.0583. The van der Waals surface area contributed by atoms with Gasteiger partial charge in [-0.05, 0) is 71.9 Å². The summed E-state index contributed by atoms with van der Waals surface area (Å²) in [5.41, 5.74) is 6.35. The van der Waals surface area contributed by atoms with Crippen LogP contribution in [-0.4, -0.2) is 49.6 Å². The van der Waals surface area contributed by atoms with Gasteiger partial charge in [0.15, 0.2) is 5.13 Å². The van der Waals surface area contributed by atoms with Crippen molar-refractivity contribution in [3.05, 3.63) is 64.0 Å². The number of anilines is 1. The van der Waals surface area contributed by atoms with E-state index < -0.39 is 0 Å². The van der Waals surface area contributed by atoms with Crippen LogP contribution in [0.1, 0.15) is 41.4 Å². The molecule has 4 heterocycles. The third kappa shape index (κ3) is 4.04. The topological polar surface area (TPSA) is 93.0 Å². The molecule has 1 aliphatic heterocycles. The molecule has 1 aromatic carbocycles. The minimum atomic E-state index is -0.146. The van der Waals surface area contributed by atoms with Crippen LogP contribution >= 0.6 is 27.3 Å². The van der Waals surface area contributed by atoms with Gasteiger partial charge in [-0.3, -0.25) is 14.6 Å². The number of rotatable bonds is 4. The Morgan fingerprint density at radius 3 is 2.69 bits per heavy atom. The standard InChI is InChI=1S/C26H23BrN6O2S/c1-15(34)29-26-30-20-8-7-18-22(17-5-4-10-28-14-17)31-33(23(18)24(20)36-26)21-9-6-16(13-19(21)27)25(35)32-11-2-3-12-32/h4-6,9-10,13-14H,2-3,7-8,11-12H2,1H3,(H,29,30,34). The first-order valence-corrected chi connectivity index (χ1v) is 13.5. The Bertz CT molecular complexity index is 1490. The first-order chi connectivity index (χ1) is 17.5. The van der Waals surface area contributed by atoms with Crippen molar-refractivity contribution in [3.63, 3.8) is 0 Å². The number of aromatic nitrogens is 4. The first-order valence-electron chi connectivity index (χ1n) is 11.9. The van der Waals surface area contributed by atoms with Crippen LogP contribution in [0, 0.1) is 0 Å². The highest BCUT2D eigenvalue weighted by molar-refractivity contribution is 9.10. The molecule has 3 aromatic heterocycles. The lowest BCUT2D eigenvalue weighted by molar-refractivity contribution is -0.114. The number of nitrogens with one attached hydrogen (secondary N) is 1. The molecule has 0 saturated carbocycles. The second kappa shape index (κ2) is 9.25. The van der Waals surface area contributed by atoms with E-state index in [0.717, 1.165) is 82.0 Å². The highest BCUT2D eigenvalue weighted by Gasteiger charge is 2.31. The van der Waals surface area contributed by atoms with E-state index in [9.17, 15) is 9.59 Å². The second-order valence-corrected chi connectivity index (χ2v) is 10.8. The molecule has 2 aliphatic rings. The van der Waals surface area contributed by atoms with Gasteiger partial charge in [-0.15, -0.1) is 0 Å². The molecule has 0 unspecified atom stereocenters. The number of carbonyl (C=O) groups is 2. The number of likely N-dealkylation sites (tertiary alicyclic amines) is 1. The molecule has 0 spiro atoms. The molecule has 0 atom stereocenters. The van der Waals surface area contributed by atoms with Gasteiger partial charge in [0.2, 0.25) is 5.91 Å². The molecule has 0 radical (unpaired) electrons. The van der Waals surface area contributed by atoms with Gasteiger partial charge in [0.05, 0.1) is 27.6 Å². The van der Waals surface area contributed by atoms with Crippen LogP contribution in [0.4, 0.5) is 5.13 Å². The van der Waals surface area contributed by atoms with Crippen molar-refractivity contribution in [2.24, 2.45) is 0 Å². The molecule has 10 heteroatoms. The number of benzene rings is 1. The van der Waals surface area contributed by atoms with Gasteiger partial charge in [0, 0.05) is 53.6 Å². The number of halogens is 1. The Kier molecular flexibility index (Phi) is 5.93. The van der Waals surface area contributed by atoms with Crippen LogP contribution in [-0.2, 0) is 17.6 Å².